The van der Waals surface area contributed by atoms with Crippen molar-refractivity contribution in [2.45, 2.75) is 19.6 Å². The van der Waals surface area contributed by atoms with Gasteiger partial charge >= 0.3 is 0 Å². The molecule has 0 radical (unpaired) electrons. The molecule has 1 fully saturated rings. The van der Waals surface area contributed by atoms with Gasteiger partial charge in [-0.25, -0.2) is 4.39 Å². The summed E-state index contributed by atoms with van der Waals surface area (Å²) in [6, 6.07) is 14.1. The van der Waals surface area contributed by atoms with Crippen LogP contribution in [0.4, 0.5) is 4.39 Å². The fraction of sp³-hybridized carbons (Fsp3) is 0.458. The quantitative estimate of drug-likeness (QED) is 0.259. The zero-order valence-electron chi connectivity index (χ0n) is 19.3. The number of hydrogen-bond donors (Lipinski definition) is 2. The predicted octanol–water partition coefficient (Wildman–Crippen LogP) is 3.29. The van der Waals surface area contributed by atoms with E-state index in [1.807, 2.05) is 25.1 Å². The van der Waals surface area contributed by atoms with Crippen molar-refractivity contribution in [3.8, 4) is 11.5 Å². The SMILES string of the molecule is CN=C(NCc1cccc(OCCN2CCOCC2)c1)NCC(C)Oc1ccc(F)cc1.I. The van der Waals surface area contributed by atoms with Crippen LogP contribution in [0.5, 0.6) is 11.5 Å². The van der Waals surface area contributed by atoms with Gasteiger partial charge in [0.1, 0.15) is 30.0 Å². The van der Waals surface area contributed by atoms with E-state index in [0.29, 0.717) is 31.4 Å². The molecule has 1 aliphatic heterocycles. The Labute approximate surface area is 212 Å². The van der Waals surface area contributed by atoms with Crippen LogP contribution in [-0.4, -0.2) is 70.0 Å². The van der Waals surface area contributed by atoms with Gasteiger partial charge in [-0.15, -0.1) is 24.0 Å². The zero-order valence-corrected chi connectivity index (χ0v) is 21.6. The summed E-state index contributed by atoms with van der Waals surface area (Å²) in [5.41, 5.74) is 1.10. The van der Waals surface area contributed by atoms with E-state index < -0.39 is 0 Å². The summed E-state index contributed by atoms with van der Waals surface area (Å²) >= 11 is 0. The number of guanidine groups is 1. The highest BCUT2D eigenvalue weighted by atomic mass is 127. The van der Waals surface area contributed by atoms with Crippen molar-refractivity contribution >= 4 is 29.9 Å². The summed E-state index contributed by atoms with van der Waals surface area (Å²) in [7, 11) is 1.73. The number of ether oxygens (including phenoxy) is 3. The summed E-state index contributed by atoms with van der Waals surface area (Å²) < 4.78 is 30.1. The van der Waals surface area contributed by atoms with E-state index >= 15 is 0 Å². The molecule has 7 nitrogen and oxygen atoms in total. The molecule has 2 N–H and O–H groups in total. The highest BCUT2D eigenvalue weighted by molar-refractivity contribution is 14.0. The van der Waals surface area contributed by atoms with E-state index in [9.17, 15) is 4.39 Å². The van der Waals surface area contributed by atoms with E-state index in [4.69, 9.17) is 14.2 Å². The molecule has 9 heteroatoms. The molecule has 0 bridgehead atoms. The van der Waals surface area contributed by atoms with Crippen LogP contribution in [-0.2, 0) is 11.3 Å². The van der Waals surface area contributed by atoms with Crippen LogP contribution in [0.25, 0.3) is 0 Å². The van der Waals surface area contributed by atoms with Crippen LogP contribution in [0.15, 0.2) is 53.5 Å². The lowest BCUT2D eigenvalue weighted by molar-refractivity contribution is 0.0322. The Morgan fingerprint density at radius 2 is 1.88 bits per heavy atom. The molecule has 0 aliphatic carbocycles. The van der Waals surface area contributed by atoms with Gasteiger partial charge in [-0.3, -0.25) is 9.89 Å². The van der Waals surface area contributed by atoms with Crippen LogP contribution < -0.4 is 20.1 Å². The third-order valence-electron chi connectivity index (χ3n) is 5.07. The van der Waals surface area contributed by atoms with Crippen molar-refractivity contribution in [1.29, 1.82) is 0 Å². The lowest BCUT2D eigenvalue weighted by Gasteiger charge is -2.26. The van der Waals surface area contributed by atoms with Crippen molar-refractivity contribution in [3.63, 3.8) is 0 Å². The minimum Gasteiger partial charge on any atom is -0.492 e. The van der Waals surface area contributed by atoms with Gasteiger partial charge < -0.3 is 24.8 Å². The summed E-state index contributed by atoms with van der Waals surface area (Å²) in [5.74, 6) is 1.90. The third-order valence-corrected chi connectivity index (χ3v) is 5.07. The van der Waals surface area contributed by atoms with Crippen molar-refractivity contribution in [1.82, 2.24) is 15.5 Å². The predicted molar refractivity (Wildman–Crippen MR) is 139 cm³/mol. The number of morpholine rings is 1. The molecule has 1 saturated heterocycles. The number of hydrogen-bond acceptors (Lipinski definition) is 5. The molecular weight excluding hydrogens is 538 g/mol. The molecule has 0 aromatic heterocycles. The first-order valence-electron chi connectivity index (χ1n) is 11.0. The average Bonchev–Trinajstić information content (AvgIpc) is 2.82. The maximum Gasteiger partial charge on any atom is 0.191 e. The Balaban J connectivity index is 0.00000385. The van der Waals surface area contributed by atoms with Crippen molar-refractivity contribution < 1.29 is 18.6 Å². The molecular formula is C24H34FIN4O3. The molecule has 0 amide bonds. The molecule has 1 heterocycles. The fourth-order valence-electron chi connectivity index (χ4n) is 3.30. The summed E-state index contributed by atoms with van der Waals surface area (Å²) in [4.78, 5) is 6.61. The summed E-state index contributed by atoms with van der Waals surface area (Å²) in [5, 5.41) is 6.55. The Morgan fingerprint density at radius 1 is 1.12 bits per heavy atom. The Morgan fingerprint density at radius 3 is 2.61 bits per heavy atom. The zero-order chi connectivity index (χ0) is 22.6. The molecule has 2 aromatic carbocycles. The van der Waals surface area contributed by atoms with Gasteiger partial charge in [0.2, 0.25) is 0 Å². The number of nitrogens with one attached hydrogen (secondary N) is 2. The Hall–Kier alpha value is -2.11. The van der Waals surface area contributed by atoms with E-state index in [2.05, 4.69) is 26.6 Å². The molecule has 1 aliphatic rings. The second-order valence-corrected chi connectivity index (χ2v) is 7.64. The molecule has 1 unspecified atom stereocenters. The van der Waals surface area contributed by atoms with Crippen molar-refractivity contribution in [2.75, 3.05) is 53.0 Å². The standard InChI is InChI=1S/C24H33FN4O3.HI/c1-19(32-22-8-6-21(25)7-9-22)17-27-24(26-2)28-18-20-4-3-5-23(16-20)31-15-12-29-10-13-30-14-11-29;/h3-9,16,19H,10-15,17-18H2,1-2H3,(H2,26,27,28);1H. The number of nitrogens with zero attached hydrogens (tertiary/aromatic N) is 2. The van der Waals surface area contributed by atoms with Crippen LogP contribution in [0.3, 0.4) is 0 Å². The van der Waals surface area contributed by atoms with Crippen LogP contribution in [0.2, 0.25) is 0 Å². The lowest BCUT2D eigenvalue weighted by atomic mass is 10.2. The molecule has 2 aromatic rings. The molecule has 3 rings (SSSR count). The van der Waals surface area contributed by atoms with Gasteiger partial charge in [0.15, 0.2) is 5.96 Å². The first-order chi connectivity index (χ1) is 15.6. The number of halogens is 2. The van der Waals surface area contributed by atoms with E-state index in [-0.39, 0.29) is 35.9 Å². The average molecular weight is 572 g/mol. The fourth-order valence-corrected chi connectivity index (χ4v) is 3.30. The van der Waals surface area contributed by atoms with Gasteiger partial charge in [0.25, 0.3) is 0 Å². The van der Waals surface area contributed by atoms with Crippen LogP contribution in [0, 0.1) is 5.82 Å². The second kappa shape index (κ2) is 14.9. The Kier molecular flexibility index (Phi) is 12.3. The molecule has 182 valence electrons. The third kappa shape index (κ3) is 10.1. The monoisotopic (exact) mass is 572 g/mol. The largest absolute Gasteiger partial charge is 0.492 e. The number of aliphatic imine (C=N–C) groups is 1. The molecule has 0 saturated carbocycles. The Bertz CT molecular complexity index is 848. The maximum atomic E-state index is 13.0. The van der Waals surface area contributed by atoms with E-state index in [1.54, 1.807) is 19.2 Å². The van der Waals surface area contributed by atoms with Gasteiger partial charge in [-0.2, -0.15) is 0 Å². The highest BCUT2D eigenvalue weighted by Crippen LogP contribution is 2.14. The van der Waals surface area contributed by atoms with Gasteiger partial charge in [-0.1, -0.05) is 12.1 Å². The van der Waals surface area contributed by atoms with Crippen molar-refractivity contribution in [3.05, 3.63) is 59.9 Å². The number of rotatable bonds is 10. The molecule has 33 heavy (non-hydrogen) atoms. The van der Waals surface area contributed by atoms with E-state index in [0.717, 1.165) is 44.2 Å². The van der Waals surface area contributed by atoms with Crippen LogP contribution in [0.1, 0.15) is 12.5 Å². The second-order valence-electron chi connectivity index (χ2n) is 7.64. The molecule has 0 spiro atoms. The minimum absolute atomic E-state index is 0. The van der Waals surface area contributed by atoms with Crippen LogP contribution >= 0.6 is 24.0 Å². The summed E-state index contributed by atoms with van der Waals surface area (Å²) in [6.45, 7) is 8.21. The first-order valence-corrected chi connectivity index (χ1v) is 11.0. The molecule has 1 atom stereocenters. The van der Waals surface area contributed by atoms with Gasteiger partial charge in [0.05, 0.1) is 19.8 Å². The summed E-state index contributed by atoms with van der Waals surface area (Å²) in [6.07, 6.45) is -0.109. The first kappa shape index (κ1) is 27.1. The van der Waals surface area contributed by atoms with Crippen molar-refractivity contribution in [2.24, 2.45) is 4.99 Å². The normalized spacial score (nSPS) is 15.3. The maximum absolute atomic E-state index is 13.0. The highest BCUT2D eigenvalue weighted by Gasteiger charge is 2.10. The minimum atomic E-state index is -0.278. The van der Waals surface area contributed by atoms with E-state index in [1.165, 1.54) is 12.1 Å². The number of benzene rings is 2. The topological polar surface area (TPSA) is 67.4 Å². The van der Waals surface area contributed by atoms with Gasteiger partial charge in [-0.05, 0) is 48.9 Å². The smallest absolute Gasteiger partial charge is 0.191 e. The van der Waals surface area contributed by atoms with Gasteiger partial charge in [0, 0.05) is 33.2 Å². The lowest BCUT2D eigenvalue weighted by Crippen LogP contribution is -2.41.